The molecule has 6 nitrogen and oxygen atoms in total. The van der Waals surface area contributed by atoms with Gasteiger partial charge < -0.3 is 11.1 Å². The summed E-state index contributed by atoms with van der Waals surface area (Å²) in [6, 6.07) is 4.47. The van der Waals surface area contributed by atoms with Crippen LogP contribution in [0.5, 0.6) is 0 Å². The molecule has 1 saturated carbocycles. The molecule has 0 spiro atoms. The van der Waals surface area contributed by atoms with Crippen molar-refractivity contribution in [3.8, 4) is 0 Å². The summed E-state index contributed by atoms with van der Waals surface area (Å²) in [5.41, 5.74) is 5.48. The number of primary amides is 1. The van der Waals surface area contributed by atoms with Crippen LogP contribution in [0.25, 0.3) is 0 Å². The molecule has 0 bridgehead atoms. The molecule has 1 aliphatic heterocycles. The van der Waals surface area contributed by atoms with E-state index >= 15 is 0 Å². The third kappa shape index (κ3) is 3.88. The van der Waals surface area contributed by atoms with Crippen LogP contribution in [-0.4, -0.2) is 43.8 Å². The van der Waals surface area contributed by atoms with Crippen LogP contribution in [0.15, 0.2) is 27.6 Å². The number of carbonyl (C=O) groups is 1. The second kappa shape index (κ2) is 7.06. The molecule has 2 fully saturated rings. The molecule has 1 aliphatic carbocycles. The van der Waals surface area contributed by atoms with Crippen LogP contribution >= 0.6 is 28.3 Å². The van der Waals surface area contributed by atoms with E-state index in [1.54, 1.807) is 4.31 Å². The van der Waals surface area contributed by atoms with Crippen LogP contribution in [-0.2, 0) is 10.0 Å². The van der Waals surface area contributed by atoms with Crippen LogP contribution in [0.1, 0.15) is 29.6 Å². The lowest BCUT2D eigenvalue weighted by Gasteiger charge is -2.27. The van der Waals surface area contributed by atoms with E-state index in [9.17, 15) is 13.2 Å². The van der Waals surface area contributed by atoms with E-state index in [0.717, 1.165) is 25.8 Å². The van der Waals surface area contributed by atoms with Gasteiger partial charge in [0, 0.05) is 28.7 Å². The smallest absolute Gasteiger partial charge is 0.248 e. The number of nitrogens with two attached hydrogens (primary N) is 1. The topological polar surface area (TPSA) is 92.5 Å². The Bertz CT molecular complexity index is 703. The predicted octanol–water partition coefficient (Wildman–Crippen LogP) is 1.48. The minimum atomic E-state index is -3.64. The zero-order valence-corrected chi connectivity index (χ0v) is 15.6. The van der Waals surface area contributed by atoms with Crippen LogP contribution in [0.3, 0.4) is 0 Å². The van der Waals surface area contributed by atoms with Crippen molar-refractivity contribution in [3.05, 3.63) is 28.2 Å². The highest BCUT2D eigenvalue weighted by Crippen LogP contribution is 2.36. The summed E-state index contributed by atoms with van der Waals surface area (Å²) in [6.45, 7) is 1.50. The van der Waals surface area contributed by atoms with E-state index in [0.29, 0.717) is 11.0 Å². The molecule has 1 saturated heterocycles. The molecule has 1 atom stereocenters. The van der Waals surface area contributed by atoms with Gasteiger partial charge in [-0.15, -0.1) is 12.4 Å². The number of sulfonamides is 1. The van der Waals surface area contributed by atoms with Crippen molar-refractivity contribution < 1.29 is 13.2 Å². The molecule has 3 rings (SSSR count). The molecule has 1 amide bonds. The van der Waals surface area contributed by atoms with Crippen molar-refractivity contribution in [2.45, 2.75) is 36.2 Å². The summed E-state index contributed by atoms with van der Waals surface area (Å²) in [5.74, 6) is -0.641. The molecule has 128 valence electrons. The van der Waals surface area contributed by atoms with Gasteiger partial charge in [0.1, 0.15) is 0 Å². The normalized spacial score (nSPS) is 21.2. The fraction of sp³-hybridized carbons (Fsp3) is 0.500. The molecule has 1 aromatic rings. The highest BCUT2D eigenvalue weighted by atomic mass is 79.9. The lowest BCUT2D eigenvalue weighted by molar-refractivity contribution is 0.1000. The molecule has 0 aromatic heterocycles. The summed E-state index contributed by atoms with van der Waals surface area (Å²) in [6.07, 6.45) is 2.60. The Morgan fingerprint density at radius 1 is 1.22 bits per heavy atom. The Labute approximate surface area is 150 Å². The van der Waals surface area contributed by atoms with Crippen molar-refractivity contribution >= 4 is 44.3 Å². The summed E-state index contributed by atoms with van der Waals surface area (Å²) < 4.78 is 28.3. The van der Waals surface area contributed by atoms with Gasteiger partial charge in [0.15, 0.2) is 0 Å². The van der Waals surface area contributed by atoms with Gasteiger partial charge in [-0.1, -0.05) is 15.9 Å². The highest BCUT2D eigenvalue weighted by molar-refractivity contribution is 9.10. The first-order valence-electron chi connectivity index (χ1n) is 7.24. The zero-order valence-electron chi connectivity index (χ0n) is 12.4. The van der Waals surface area contributed by atoms with Crippen LogP contribution < -0.4 is 11.1 Å². The highest BCUT2D eigenvalue weighted by Gasteiger charge is 2.43. The third-order valence-electron chi connectivity index (χ3n) is 4.03. The number of hydrogen-bond acceptors (Lipinski definition) is 4. The Morgan fingerprint density at radius 2 is 1.91 bits per heavy atom. The Kier molecular flexibility index (Phi) is 5.73. The summed E-state index contributed by atoms with van der Waals surface area (Å²) in [7, 11) is -3.64. The number of nitrogens with one attached hydrogen (secondary N) is 1. The maximum absolute atomic E-state index is 13.1. The number of benzene rings is 1. The second-order valence-electron chi connectivity index (χ2n) is 5.75. The molecule has 2 aliphatic rings. The number of nitrogens with zero attached hydrogens (tertiary/aromatic N) is 1. The fourth-order valence-electron chi connectivity index (χ4n) is 2.85. The molecule has 1 unspecified atom stereocenters. The van der Waals surface area contributed by atoms with E-state index in [1.807, 2.05) is 0 Å². The molecule has 0 radical (unpaired) electrons. The Morgan fingerprint density at radius 3 is 2.43 bits per heavy atom. The second-order valence-corrected chi connectivity index (χ2v) is 8.51. The third-order valence-corrected chi connectivity index (χ3v) is 6.47. The van der Waals surface area contributed by atoms with Crippen molar-refractivity contribution in [1.82, 2.24) is 9.62 Å². The van der Waals surface area contributed by atoms with E-state index in [-0.39, 0.29) is 34.9 Å². The van der Waals surface area contributed by atoms with Crippen LogP contribution in [0.4, 0.5) is 0 Å². The number of amides is 1. The number of carbonyl (C=O) groups excluding carboxylic acids is 1. The minimum Gasteiger partial charge on any atom is -0.366 e. The SMILES string of the molecule is Cl.NC(=O)c1cc(Br)cc(S(=O)(=O)N(C2CC2)C2CCNC2)c1. The van der Waals surface area contributed by atoms with Gasteiger partial charge in [0.2, 0.25) is 15.9 Å². The Balaban J connectivity index is 0.00000192. The number of halogens is 2. The lowest BCUT2D eigenvalue weighted by atomic mass is 10.2. The maximum Gasteiger partial charge on any atom is 0.248 e. The molecule has 23 heavy (non-hydrogen) atoms. The van der Waals surface area contributed by atoms with E-state index in [4.69, 9.17) is 5.73 Å². The van der Waals surface area contributed by atoms with Gasteiger partial charge in [0.05, 0.1) is 4.90 Å². The maximum atomic E-state index is 13.1. The van der Waals surface area contributed by atoms with E-state index in [2.05, 4.69) is 21.2 Å². The standard InChI is InChI=1S/C14H18BrN3O3S.ClH/c15-10-5-9(14(16)19)6-13(7-10)22(20,21)18(11-1-2-11)12-3-4-17-8-12;/h5-7,11-12,17H,1-4,8H2,(H2,16,19);1H. The van der Waals surface area contributed by atoms with Gasteiger partial charge in [-0.05, 0) is 44.0 Å². The first-order valence-corrected chi connectivity index (χ1v) is 9.47. The van der Waals surface area contributed by atoms with Gasteiger partial charge in [-0.3, -0.25) is 4.79 Å². The molecule has 1 heterocycles. The number of hydrogen-bond donors (Lipinski definition) is 2. The van der Waals surface area contributed by atoms with Gasteiger partial charge in [-0.25, -0.2) is 8.42 Å². The number of rotatable bonds is 5. The van der Waals surface area contributed by atoms with E-state index in [1.165, 1.54) is 18.2 Å². The molecule has 1 aromatic carbocycles. The van der Waals surface area contributed by atoms with Crippen LogP contribution in [0.2, 0.25) is 0 Å². The summed E-state index contributed by atoms with van der Waals surface area (Å²) in [5, 5.41) is 3.21. The fourth-order valence-corrected chi connectivity index (χ4v) is 5.47. The Hall–Kier alpha value is -0.670. The largest absolute Gasteiger partial charge is 0.366 e. The summed E-state index contributed by atoms with van der Waals surface area (Å²) >= 11 is 3.26. The lowest BCUT2D eigenvalue weighted by Crippen LogP contribution is -2.43. The predicted molar refractivity (Wildman–Crippen MR) is 93.2 cm³/mol. The zero-order chi connectivity index (χ0) is 15.9. The van der Waals surface area contributed by atoms with E-state index < -0.39 is 15.9 Å². The molecule has 3 N–H and O–H groups in total. The molecular formula is C14H19BrClN3O3S. The van der Waals surface area contributed by atoms with Gasteiger partial charge in [-0.2, -0.15) is 4.31 Å². The van der Waals surface area contributed by atoms with Crippen molar-refractivity contribution in [3.63, 3.8) is 0 Å². The van der Waals surface area contributed by atoms with Gasteiger partial charge >= 0.3 is 0 Å². The van der Waals surface area contributed by atoms with Crippen LogP contribution in [0, 0.1) is 0 Å². The first kappa shape index (κ1) is 18.7. The quantitative estimate of drug-likeness (QED) is 0.749. The van der Waals surface area contributed by atoms with Crippen molar-refractivity contribution in [1.29, 1.82) is 0 Å². The average Bonchev–Trinajstić information content (AvgIpc) is 3.12. The first-order chi connectivity index (χ1) is 10.4. The van der Waals surface area contributed by atoms with Crippen molar-refractivity contribution in [2.24, 2.45) is 5.73 Å². The van der Waals surface area contributed by atoms with Crippen molar-refractivity contribution in [2.75, 3.05) is 13.1 Å². The van der Waals surface area contributed by atoms with Gasteiger partial charge in [0.25, 0.3) is 0 Å². The minimum absolute atomic E-state index is 0. The summed E-state index contributed by atoms with van der Waals surface area (Å²) in [4.78, 5) is 11.5. The molecule has 9 heteroatoms. The monoisotopic (exact) mass is 423 g/mol. The average molecular weight is 425 g/mol. The molecular weight excluding hydrogens is 406 g/mol.